The first-order valence-electron chi connectivity index (χ1n) is 8.09. The molecule has 25 heavy (non-hydrogen) atoms. The van der Waals surface area contributed by atoms with Crippen molar-refractivity contribution in [1.29, 1.82) is 0 Å². The van der Waals surface area contributed by atoms with E-state index in [0.717, 1.165) is 12.0 Å². The van der Waals surface area contributed by atoms with Crippen molar-refractivity contribution in [3.8, 4) is 0 Å². The Balaban J connectivity index is 1.47. The van der Waals surface area contributed by atoms with Gasteiger partial charge in [-0.2, -0.15) is 0 Å². The quantitative estimate of drug-likeness (QED) is 0.704. The van der Waals surface area contributed by atoms with Gasteiger partial charge >= 0.3 is 11.8 Å². The van der Waals surface area contributed by atoms with E-state index in [9.17, 15) is 4.79 Å². The van der Waals surface area contributed by atoms with Gasteiger partial charge in [-0.3, -0.25) is 4.79 Å². The summed E-state index contributed by atoms with van der Waals surface area (Å²) in [6.45, 7) is 0.473. The Labute approximate surface area is 151 Å². The molecular weight excluding hydrogens is 338 g/mol. The number of hydrogen-bond acceptors (Lipinski definition) is 4. The average Bonchev–Trinajstić information content (AvgIpc) is 3.10. The van der Waals surface area contributed by atoms with Crippen molar-refractivity contribution in [1.82, 2.24) is 15.5 Å². The first-order valence-corrected chi connectivity index (χ1v) is 8.47. The molecule has 6 heteroatoms. The van der Waals surface area contributed by atoms with E-state index in [4.69, 9.17) is 16.0 Å². The number of aryl methyl sites for hydroxylation is 2. The molecule has 1 aromatic heterocycles. The SMILES string of the molecule is O=C(NCCc1cccc(Cl)c1)c1nnc(CCc2ccccc2)o1. The highest BCUT2D eigenvalue weighted by Crippen LogP contribution is 2.11. The fourth-order valence-electron chi connectivity index (χ4n) is 2.43. The van der Waals surface area contributed by atoms with Crippen molar-refractivity contribution in [3.63, 3.8) is 0 Å². The van der Waals surface area contributed by atoms with E-state index in [1.54, 1.807) is 0 Å². The van der Waals surface area contributed by atoms with Crippen molar-refractivity contribution in [2.75, 3.05) is 6.54 Å². The van der Waals surface area contributed by atoms with Gasteiger partial charge in [0.25, 0.3) is 0 Å². The minimum absolute atomic E-state index is 0.00541. The summed E-state index contributed by atoms with van der Waals surface area (Å²) in [6, 6.07) is 17.6. The molecule has 0 atom stereocenters. The third-order valence-corrected chi connectivity index (χ3v) is 3.95. The van der Waals surface area contributed by atoms with E-state index in [1.165, 1.54) is 5.56 Å². The fourth-order valence-corrected chi connectivity index (χ4v) is 2.64. The topological polar surface area (TPSA) is 68.0 Å². The minimum atomic E-state index is -0.361. The molecule has 0 aliphatic heterocycles. The molecule has 1 heterocycles. The predicted molar refractivity (Wildman–Crippen MR) is 95.6 cm³/mol. The number of carbonyl (C=O) groups excluding carboxylic acids is 1. The van der Waals surface area contributed by atoms with Gasteiger partial charge in [-0.1, -0.05) is 54.1 Å². The Kier molecular flexibility index (Phi) is 5.80. The van der Waals surface area contributed by atoms with Gasteiger partial charge in [0.2, 0.25) is 5.89 Å². The zero-order valence-corrected chi connectivity index (χ0v) is 14.4. The highest BCUT2D eigenvalue weighted by Gasteiger charge is 2.14. The lowest BCUT2D eigenvalue weighted by Crippen LogP contribution is -2.26. The van der Waals surface area contributed by atoms with Crippen LogP contribution in [0.5, 0.6) is 0 Å². The van der Waals surface area contributed by atoms with Gasteiger partial charge < -0.3 is 9.73 Å². The monoisotopic (exact) mass is 355 g/mol. The Bertz CT molecular complexity index is 833. The number of nitrogens with one attached hydrogen (secondary N) is 1. The number of hydrogen-bond donors (Lipinski definition) is 1. The first kappa shape index (κ1) is 17.2. The van der Waals surface area contributed by atoms with E-state index < -0.39 is 0 Å². The Morgan fingerprint density at radius 2 is 1.76 bits per heavy atom. The smallest absolute Gasteiger partial charge is 0.308 e. The van der Waals surface area contributed by atoms with Crippen LogP contribution >= 0.6 is 11.6 Å². The van der Waals surface area contributed by atoms with Gasteiger partial charge in [-0.05, 0) is 36.1 Å². The van der Waals surface area contributed by atoms with E-state index >= 15 is 0 Å². The lowest BCUT2D eigenvalue weighted by Gasteiger charge is -2.03. The summed E-state index contributed by atoms with van der Waals surface area (Å²) in [6.07, 6.45) is 2.08. The van der Waals surface area contributed by atoms with E-state index in [2.05, 4.69) is 15.5 Å². The van der Waals surface area contributed by atoms with Crippen molar-refractivity contribution in [2.45, 2.75) is 19.3 Å². The van der Waals surface area contributed by atoms with Crippen LogP contribution in [-0.4, -0.2) is 22.6 Å². The zero-order valence-electron chi connectivity index (χ0n) is 13.6. The van der Waals surface area contributed by atoms with Gasteiger partial charge in [0.1, 0.15) is 0 Å². The number of rotatable bonds is 7. The molecule has 5 nitrogen and oxygen atoms in total. The van der Waals surface area contributed by atoms with Gasteiger partial charge in [0, 0.05) is 18.0 Å². The second kappa shape index (κ2) is 8.44. The third-order valence-electron chi connectivity index (χ3n) is 3.72. The Morgan fingerprint density at radius 1 is 0.960 bits per heavy atom. The van der Waals surface area contributed by atoms with Crippen molar-refractivity contribution in [2.24, 2.45) is 0 Å². The highest BCUT2D eigenvalue weighted by molar-refractivity contribution is 6.30. The molecule has 0 bridgehead atoms. The normalized spacial score (nSPS) is 10.6. The zero-order chi connectivity index (χ0) is 17.5. The lowest BCUT2D eigenvalue weighted by molar-refractivity contribution is 0.0917. The lowest BCUT2D eigenvalue weighted by atomic mass is 10.1. The van der Waals surface area contributed by atoms with Crippen LogP contribution in [0.15, 0.2) is 59.0 Å². The molecule has 0 spiro atoms. The number of carbonyl (C=O) groups is 1. The van der Waals surface area contributed by atoms with Crippen LogP contribution in [0.2, 0.25) is 5.02 Å². The van der Waals surface area contributed by atoms with E-state index in [1.807, 2.05) is 54.6 Å². The summed E-state index contributed by atoms with van der Waals surface area (Å²) in [7, 11) is 0. The molecule has 0 radical (unpaired) electrons. The van der Waals surface area contributed by atoms with Crippen molar-refractivity contribution < 1.29 is 9.21 Å². The average molecular weight is 356 g/mol. The van der Waals surface area contributed by atoms with Crippen LogP contribution in [0.4, 0.5) is 0 Å². The molecule has 3 aromatic rings. The molecule has 1 amide bonds. The predicted octanol–water partition coefficient (Wildman–Crippen LogP) is 3.48. The summed E-state index contributed by atoms with van der Waals surface area (Å²) in [5.41, 5.74) is 2.25. The van der Waals surface area contributed by atoms with Gasteiger partial charge in [-0.15, -0.1) is 10.2 Å². The third kappa shape index (κ3) is 5.16. The molecule has 0 aliphatic carbocycles. The summed E-state index contributed by atoms with van der Waals surface area (Å²) in [5, 5.41) is 11.2. The maximum atomic E-state index is 12.1. The van der Waals surface area contributed by atoms with Crippen LogP contribution in [0.3, 0.4) is 0 Å². The second-order valence-electron chi connectivity index (χ2n) is 5.62. The molecule has 128 valence electrons. The molecule has 2 aromatic carbocycles. The number of nitrogens with zero attached hydrogens (tertiary/aromatic N) is 2. The Morgan fingerprint density at radius 3 is 2.56 bits per heavy atom. The summed E-state index contributed by atoms with van der Waals surface area (Å²) < 4.78 is 5.43. The molecule has 0 unspecified atom stereocenters. The standard InChI is InChI=1S/C19H18ClN3O2/c20-16-8-4-7-15(13-16)11-12-21-18(24)19-23-22-17(25-19)10-9-14-5-2-1-3-6-14/h1-8,13H,9-12H2,(H,21,24). The molecule has 1 N–H and O–H groups in total. The number of halogens is 1. The fraction of sp³-hybridized carbons (Fsp3) is 0.211. The highest BCUT2D eigenvalue weighted by atomic mass is 35.5. The summed E-state index contributed by atoms with van der Waals surface area (Å²) in [4.78, 5) is 12.1. The van der Waals surface area contributed by atoms with Crippen LogP contribution in [0.1, 0.15) is 27.7 Å². The van der Waals surface area contributed by atoms with Crippen LogP contribution in [0.25, 0.3) is 0 Å². The van der Waals surface area contributed by atoms with Crippen LogP contribution in [-0.2, 0) is 19.3 Å². The number of benzene rings is 2. The van der Waals surface area contributed by atoms with E-state index in [-0.39, 0.29) is 11.8 Å². The van der Waals surface area contributed by atoms with Gasteiger partial charge in [0.05, 0.1) is 0 Å². The maximum Gasteiger partial charge on any atom is 0.308 e. The number of amides is 1. The maximum absolute atomic E-state index is 12.1. The molecular formula is C19H18ClN3O2. The minimum Gasteiger partial charge on any atom is -0.417 e. The van der Waals surface area contributed by atoms with Gasteiger partial charge in [-0.25, -0.2) is 0 Å². The Hall–Kier alpha value is -2.66. The molecule has 0 saturated carbocycles. The second-order valence-corrected chi connectivity index (χ2v) is 6.06. The summed E-state index contributed by atoms with van der Waals surface area (Å²) in [5.74, 6) is 0.0958. The van der Waals surface area contributed by atoms with Crippen LogP contribution in [0, 0.1) is 0 Å². The van der Waals surface area contributed by atoms with E-state index in [0.29, 0.717) is 30.3 Å². The largest absolute Gasteiger partial charge is 0.417 e. The number of aromatic nitrogens is 2. The molecule has 0 saturated heterocycles. The van der Waals surface area contributed by atoms with Crippen molar-refractivity contribution >= 4 is 17.5 Å². The molecule has 0 aliphatic rings. The molecule has 0 fully saturated rings. The van der Waals surface area contributed by atoms with Crippen LogP contribution < -0.4 is 5.32 Å². The van der Waals surface area contributed by atoms with Gasteiger partial charge in [0.15, 0.2) is 0 Å². The van der Waals surface area contributed by atoms with Crippen molar-refractivity contribution in [3.05, 3.63) is 82.5 Å². The summed E-state index contributed by atoms with van der Waals surface area (Å²) >= 11 is 5.94. The first-order chi connectivity index (χ1) is 12.2. The molecule has 3 rings (SSSR count).